The summed E-state index contributed by atoms with van der Waals surface area (Å²) in [7, 11) is -0.509. The van der Waals surface area contributed by atoms with Crippen molar-refractivity contribution in [2.24, 2.45) is 0 Å². The molecule has 0 radical (unpaired) electrons. The molecular formula is C8H10NNaO3S. The van der Waals surface area contributed by atoms with Gasteiger partial charge in [0.2, 0.25) is 10.0 Å². The van der Waals surface area contributed by atoms with Crippen LogP contribution in [0.4, 0.5) is 0 Å². The van der Waals surface area contributed by atoms with Gasteiger partial charge in [-0.25, -0.2) is 12.7 Å². The van der Waals surface area contributed by atoms with Gasteiger partial charge in [0.05, 0.1) is 4.90 Å². The fourth-order valence-corrected chi connectivity index (χ4v) is 1.72. The van der Waals surface area contributed by atoms with Crippen LogP contribution in [0.25, 0.3) is 0 Å². The minimum Gasteiger partial charge on any atom is -0.872 e. The molecule has 0 aliphatic heterocycles. The van der Waals surface area contributed by atoms with Gasteiger partial charge in [-0.3, -0.25) is 0 Å². The van der Waals surface area contributed by atoms with E-state index in [0.29, 0.717) is 0 Å². The number of hydrogen-bond donors (Lipinski definition) is 0. The minimum absolute atomic E-state index is 0. The maximum atomic E-state index is 11.5. The number of hydrogen-bond acceptors (Lipinski definition) is 3. The van der Waals surface area contributed by atoms with E-state index in [1.807, 2.05) is 0 Å². The van der Waals surface area contributed by atoms with Crippen LogP contribution in [0.3, 0.4) is 0 Å². The Morgan fingerprint density at radius 3 is 1.93 bits per heavy atom. The van der Waals surface area contributed by atoms with E-state index >= 15 is 0 Å². The zero-order valence-corrected chi connectivity index (χ0v) is 11.2. The molecule has 1 rings (SSSR count). The number of benzene rings is 1. The second-order valence-corrected chi connectivity index (χ2v) is 4.91. The smallest absolute Gasteiger partial charge is 0.872 e. The molecule has 0 N–H and O–H groups in total. The molecule has 0 aromatic heterocycles. The van der Waals surface area contributed by atoms with Crippen molar-refractivity contribution in [3.63, 3.8) is 0 Å². The van der Waals surface area contributed by atoms with Crippen LogP contribution in [-0.2, 0) is 10.0 Å². The van der Waals surface area contributed by atoms with Gasteiger partial charge >= 0.3 is 29.6 Å². The van der Waals surface area contributed by atoms with Crippen LogP contribution < -0.4 is 34.7 Å². The molecule has 0 aliphatic carbocycles. The average molecular weight is 223 g/mol. The summed E-state index contributed by atoms with van der Waals surface area (Å²) in [6, 6.07) is 5.07. The average Bonchev–Trinajstić information content (AvgIpc) is 2.04. The standard InChI is InChI=1S/C8H11NO3S.Na/c1-9(2)13(11,12)8-5-3-7(10)4-6-8;/h3-6,10H,1-2H3;/q;+1/p-1. The van der Waals surface area contributed by atoms with Crippen molar-refractivity contribution in [2.75, 3.05) is 14.1 Å². The number of sulfonamides is 1. The molecule has 0 saturated heterocycles. The Morgan fingerprint density at radius 1 is 1.14 bits per heavy atom. The van der Waals surface area contributed by atoms with Crippen molar-refractivity contribution in [3.05, 3.63) is 24.3 Å². The largest absolute Gasteiger partial charge is 1.00 e. The van der Waals surface area contributed by atoms with Gasteiger partial charge in [0, 0.05) is 14.1 Å². The van der Waals surface area contributed by atoms with E-state index in [0.717, 1.165) is 4.31 Å². The predicted molar refractivity (Wildman–Crippen MR) is 46.8 cm³/mol. The number of rotatable bonds is 2. The van der Waals surface area contributed by atoms with Crippen LogP contribution in [0.15, 0.2) is 29.2 Å². The van der Waals surface area contributed by atoms with Crippen molar-refractivity contribution in [1.29, 1.82) is 0 Å². The summed E-state index contributed by atoms with van der Waals surface area (Å²) in [6.07, 6.45) is 0. The molecule has 4 nitrogen and oxygen atoms in total. The molecule has 6 heteroatoms. The summed E-state index contributed by atoms with van der Waals surface area (Å²) in [4.78, 5) is 0.136. The maximum absolute atomic E-state index is 11.5. The Hall–Kier alpha value is -0.0700. The Kier molecular flexibility index (Phi) is 5.11. The zero-order valence-electron chi connectivity index (χ0n) is 8.39. The fraction of sp³-hybridized carbons (Fsp3) is 0.250. The molecule has 1 aromatic rings. The monoisotopic (exact) mass is 223 g/mol. The van der Waals surface area contributed by atoms with Gasteiger partial charge in [0.25, 0.3) is 0 Å². The molecule has 0 amide bonds. The van der Waals surface area contributed by atoms with Gasteiger partial charge in [-0.05, 0) is 12.1 Å². The molecule has 1 aromatic carbocycles. The molecule has 0 heterocycles. The molecular weight excluding hydrogens is 213 g/mol. The first kappa shape index (κ1) is 13.9. The van der Waals surface area contributed by atoms with Crippen molar-refractivity contribution < 1.29 is 43.1 Å². The normalized spacial score (nSPS) is 11.1. The SMILES string of the molecule is CN(C)S(=O)(=O)c1ccc([O-])cc1.[Na+]. The van der Waals surface area contributed by atoms with Crippen molar-refractivity contribution >= 4 is 10.0 Å². The summed E-state index contributed by atoms with van der Waals surface area (Å²) >= 11 is 0. The van der Waals surface area contributed by atoms with Crippen LogP contribution in [-0.4, -0.2) is 26.8 Å². The van der Waals surface area contributed by atoms with Gasteiger partial charge in [0.1, 0.15) is 0 Å². The summed E-state index contributed by atoms with van der Waals surface area (Å²) in [5.41, 5.74) is 0. The van der Waals surface area contributed by atoms with Gasteiger partial charge in [-0.2, -0.15) is 0 Å². The molecule has 0 spiro atoms. The first-order valence-electron chi connectivity index (χ1n) is 3.64. The quantitative estimate of drug-likeness (QED) is 0.502. The van der Waals surface area contributed by atoms with Crippen LogP contribution in [0.5, 0.6) is 5.75 Å². The fourth-order valence-electron chi connectivity index (χ4n) is 0.822. The molecule has 14 heavy (non-hydrogen) atoms. The first-order chi connectivity index (χ1) is 5.94. The molecule has 0 unspecified atom stereocenters. The zero-order chi connectivity index (χ0) is 10.1. The molecule has 0 bridgehead atoms. The molecule has 72 valence electrons. The van der Waals surface area contributed by atoms with Crippen LogP contribution >= 0.6 is 0 Å². The van der Waals surface area contributed by atoms with Crippen molar-refractivity contribution in [3.8, 4) is 5.75 Å². The number of nitrogens with zero attached hydrogens (tertiary/aromatic N) is 1. The van der Waals surface area contributed by atoms with E-state index in [1.165, 1.54) is 38.4 Å². The van der Waals surface area contributed by atoms with Gasteiger partial charge < -0.3 is 5.11 Å². The molecule has 0 fully saturated rings. The van der Waals surface area contributed by atoms with E-state index in [9.17, 15) is 13.5 Å². The van der Waals surface area contributed by atoms with Crippen molar-refractivity contribution in [2.45, 2.75) is 4.90 Å². The summed E-state index contributed by atoms with van der Waals surface area (Å²) in [5.74, 6) is -0.197. The molecule has 0 aliphatic rings. The van der Waals surface area contributed by atoms with E-state index in [-0.39, 0.29) is 40.2 Å². The summed E-state index contributed by atoms with van der Waals surface area (Å²) in [6.45, 7) is 0. The minimum atomic E-state index is -3.40. The van der Waals surface area contributed by atoms with Gasteiger partial charge in [0.15, 0.2) is 0 Å². The Bertz CT molecular complexity index is 386. The Labute approximate surface area is 106 Å². The third-order valence-corrected chi connectivity index (χ3v) is 3.43. The molecule has 0 saturated carbocycles. The first-order valence-corrected chi connectivity index (χ1v) is 5.08. The third-order valence-electron chi connectivity index (χ3n) is 1.60. The van der Waals surface area contributed by atoms with E-state index in [1.54, 1.807) is 0 Å². The van der Waals surface area contributed by atoms with Gasteiger partial charge in [-0.15, -0.1) is 5.75 Å². The maximum Gasteiger partial charge on any atom is 1.00 e. The van der Waals surface area contributed by atoms with Gasteiger partial charge in [-0.1, -0.05) is 12.1 Å². The van der Waals surface area contributed by atoms with E-state index < -0.39 is 10.0 Å². The second-order valence-electron chi connectivity index (χ2n) is 2.76. The molecule has 0 atom stereocenters. The van der Waals surface area contributed by atoms with Crippen LogP contribution in [0.1, 0.15) is 0 Å². The summed E-state index contributed by atoms with van der Waals surface area (Å²) < 4.78 is 24.0. The topological polar surface area (TPSA) is 60.4 Å². The Morgan fingerprint density at radius 2 is 1.57 bits per heavy atom. The predicted octanol–water partition coefficient (Wildman–Crippen LogP) is -2.99. The van der Waals surface area contributed by atoms with Crippen LogP contribution in [0, 0.1) is 0 Å². The Balaban J connectivity index is 0.00000169. The third kappa shape index (κ3) is 2.96. The summed E-state index contributed by atoms with van der Waals surface area (Å²) in [5, 5.41) is 10.7. The second kappa shape index (κ2) is 5.14. The van der Waals surface area contributed by atoms with Crippen molar-refractivity contribution in [1.82, 2.24) is 4.31 Å². The van der Waals surface area contributed by atoms with Crippen LogP contribution in [0.2, 0.25) is 0 Å². The van der Waals surface area contributed by atoms with E-state index in [4.69, 9.17) is 0 Å². The van der Waals surface area contributed by atoms with E-state index in [2.05, 4.69) is 0 Å².